The topological polar surface area (TPSA) is 22.1 Å². The van der Waals surface area contributed by atoms with Crippen molar-refractivity contribution in [3.8, 4) is 5.75 Å². The van der Waals surface area contributed by atoms with E-state index in [1.807, 2.05) is 18.3 Å². The van der Waals surface area contributed by atoms with Gasteiger partial charge < -0.3 is 4.74 Å². The molecule has 68 valence electrons. The monoisotopic (exact) mass is 193 g/mol. The third kappa shape index (κ3) is 1.65. The molecule has 0 unspecified atom stereocenters. The molecule has 1 aromatic heterocycles. The first-order chi connectivity index (χ1) is 6.42. The van der Waals surface area contributed by atoms with Gasteiger partial charge in [0.05, 0.1) is 11.3 Å². The molecule has 0 spiro atoms. The van der Waals surface area contributed by atoms with Crippen LogP contribution < -0.4 is 4.74 Å². The fourth-order valence-electron chi connectivity index (χ4n) is 1.19. The molecule has 0 bridgehead atoms. The minimum Gasteiger partial charge on any atom is -0.492 e. The number of aromatic nitrogens is 1. The molecular weight excluding hydrogens is 182 g/mol. The highest BCUT2D eigenvalue weighted by Crippen LogP contribution is 2.28. The Labute approximate surface area is 81.3 Å². The highest BCUT2D eigenvalue weighted by Gasteiger charge is 2.02. The van der Waals surface area contributed by atoms with Gasteiger partial charge in [-0.2, -0.15) is 4.37 Å². The minimum absolute atomic E-state index is 0.775. The van der Waals surface area contributed by atoms with Gasteiger partial charge in [0.15, 0.2) is 0 Å². The number of hydrogen-bond donors (Lipinski definition) is 0. The van der Waals surface area contributed by atoms with Gasteiger partial charge in [0.25, 0.3) is 0 Å². The predicted molar refractivity (Wildman–Crippen MR) is 55.4 cm³/mol. The normalized spacial score (nSPS) is 10.5. The molecule has 0 atom stereocenters. The molecular formula is C10H11NOS. The van der Waals surface area contributed by atoms with Gasteiger partial charge in [-0.05, 0) is 24.0 Å². The largest absolute Gasteiger partial charge is 0.492 e. The van der Waals surface area contributed by atoms with Crippen LogP contribution in [0.1, 0.15) is 13.3 Å². The summed E-state index contributed by atoms with van der Waals surface area (Å²) in [5.41, 5.74) is 0. The summed E-state index contributed by atoms with van der Waals surface area (Å²) in [6.45, 7) is 2.88. The number of hydrogen-bond acceptors (Lipinski definition) is 3. The van der Waals surface area contributed by atoms with Crippen molar-refractivity contribution in [2.45, 2.75) is 13.3 Å². The van der Waals surface area contributed by atoms with Crippen molar-refractivity contribution >= 4 is 21.6 Å². The summed E-state index contributed by atoms with van der Waals surface area (Å²) < 4.78 is 10.9. The second-order valence-electron chi connectivity index (χ2n) is 2.85. The Hall–Kier alpha value is -1.09. The first-order valence-corrected chi connectivity index (χ1v) is 5.15. The number of ether oxygens (including phenoxy) is 1. The zero-order valence-corrected chi connectivity index (χ0v) is 8.30. The van der Waals surface area contributed by atoms with Crippen molar-refractivity contribution in [2.24, 2.45) is 0 Å². The molecule has 0 saturated heterocycles. The molecule has 0 aliphatic rings. The molecule has 0 radical (unpaired) electrons. The Bertz CT molecular complexity index is 396. The Morgan fingerprint density at radius 3 is 3.23 bits per heavy atom. The summed E-state index contributed by atoms with van der Waals surface area (Å²) in [6.07, 6.45) is 2.91. The quantitative estimate of drug-likeness (QED) is 0.747. The molecule has 0 aliphatic carbocycles. The summed E-state index contributed by atoms with van der Waals surface area (Å²) in [4.78, 5) is 0. The number of fused-ring (bicyclic) bond motifs is 1. The van der Waals surface area contributed by atoms with Crippen LogP contribution in [0.5, 0.6) is 5.75 Å². The molecule has 3 heteroatoms. The lowest BCUT2D eigenvalue weighted by Crippen LogP contribution is -1.94. The lowest BCUT2D eigenvalue weighted by molar-refractivity contribution is 0.321. The van der Waals surface area contributed by atoms with Crippen molar-refractivity contribution < 1.29 is 4.74 Å². The number of rotatable bonds is 3. The Kier molecular flexibility index (Phi) is 2.45. The minimum atomic E-state index is 0.775. The fourth-order valence-corrected chi connectivity index (χ4v) is 1.91. The van der Waals surface area contributed by atoms with Crippen LogP contribution in [0.4, 0.5) is 0 Å². The van der Waals surface area contributed by atoms with E-state index in [1.54, 1.807) is 0 Å². The zero-order valence-electron chi connectivity index (χ0n) is 7.49. The molecule has 0 aliphatic heterocycles. The highest BCUT2D eigenvalue weighted by atomic mass is 32.1. The maximum absolute atomic E-state index is 5.60. The van der Waals surface area contributed by atoms with Gasteiger partial charge in [0, 0.05) is 11.6 Å². The summed E-state index contributed by atoms with van der Waals surface area (Å²) in [5, 5.41) is 1.17. The molecule has 2 rings (SSSR count). The highest BCUT2D eigenvalue weighted by molar-refractivity contribution is 7.13. The van der Waals surface area contributed by atoms with Gasteiger partial charge in [-0.25, -0.2) is 0 Å². The van der Waals surface area contributed by atoms with Gasteiger partial charge >= 0.3 is 0 Å². The van der Waals surface area contributed by atoms with E-state index in [9.17, 15) is 0 Å². The van der Waals surface area contributed by atoms with E-state index in [1.165, 1.54) is 16.9 Å². The van der Waals surface area contributed by atoms with Crippen LogP contribution in [0, 0.1) is 0 Å². The maximum atomic E-state index is 5.60. The summed E-state index contributed by atoms with van der Waals surface area (Å²) in [5.74, 6) is 0.960. The fraction of sp³-hybridized carbons (Fsp3) is 0.300. The van der Waals surface area contributed by atoms with E-state index >= 15 is 0 Å². The molecule has 0 amide bonds. The number of nitrogens with zero attached hydrogens (tertiary/aromatic N) is 1. The van der Waals surface area contributed by atoms with Gasteiger partial charge in [-0.15, -0.1) is 0 Å². The van der Waals surface area contributed by atoms with Crippen LogP contribution in [0.2, 0.25) is 0 Å². The molecule has 0 saturated carbocycles. The number of benzene rings is 1. The molecule has 1 aromatic carbocycles. The summed E-state index contributed by atoms with van der Waals surface area (Å²) >= 11 is 1.49. The van der Waals surface area contributed by atoms with E-state index in [0.29, 0.717) is 0 Å². The van der Waals surface area contributed by atoms with Gasteiger partial charge in [0.1, 0.15) is 5.75 Å². The standard InChI is InChI=1S/C10H11NOS/c1-2-6-12-9-5-3-4-8-7-11-13-10(8)9/h3-5,7H,2,6H2,1H3. The Balaban J connectivity index is 2.37. The second kappa shape index (κ2) is 3.75. The molecule has 0 fully saturated rings. The van der Waals surface area contributed by atoms with Crippen molar-refractivity contribution in [3.05, 3.63) is 24.4 Å². The van der Waals surface area contributed by atoms with Crippen molar-refractivity contribution in [1.82, 2.24) is 4.37 Å². The molecule has 2 aromatic rings. The SMILES string of the molecule is CCCOc1cccc2cnsc12. The van der Waals surface area contributed by atoms with Crippen LogP contribution in [0.15, 0.2) is 24.4 Å². The van der Waals surface area contributed by atoms with Crippen LogP contribution in [-0.2, 0) is 0 Å². The third-order valence-corrected chi connectivity index (χ3v) is 2.64. The summed E-state index contributed by atoms with van der Waals surface area (Å²) in [6, 6.07) is 6.05. The van der Waals surface area contributed by atoms with Gasteiger partial charge in [-0.1, -0.05) is 19.1 Å². The lowest BCUT2D eigenvalue weighted by atomic mass is 10.3. The molecule has 13 heavy (non-hydrogen) atoms. The molecule has 2 nitrogen and oxygen atoms in total. The smallest absolute Gasteiger partial charge is 0.138 e. The van der Waals surface area contributed by atoms with Crippen molar-refractivity contribution in [1.29, 1.82) is 0 Å². The van der Waals surface area contributed by atoms with Crippen LogP contribution in [-0.4, -0.2) is 11.0 Å². The Morgan fingerprint density at radius 2 is 2.38 bits per heavy atom. The maximum Gasteiger partial charge on any atom is 0.138 e. The Morgan fingerprint density at radius 1 is 1.46 bits per heavy atom. The van der Waals surface area contributed by atoms with Gasteiger partial charge in [0.2, 0.25) is 0 Å². The average Bonchev–Trinajstić information content (AvgIpc) is 2.62. The molecule has 0 N–H and O–H groups in total. The van der Waals surface area contributed by atoms with E-state index in [4.69, 9.17) is 4.74 Å². The lowest BCUT2D eigenvalue weighted by Gasteiger charge is -2.03. The zero-order chi connectivity index (χ0) is 9.10. The summed E-state index contributed by atoms with van der Waals surface area (Å²) in [7, 11) is 0. The van der Waals surface area contributed by atoms with Crippen LogP contribution >= 0.6 is 11.5 Å². The second-order valence-corrected chi connectivity index (χ2v) is 3.65. The van der Waals surface area contributed by atoms with E-state index < -0.39 is 0 Å². The third-order valence-electron chi connectivity index (χ3n) is 1.81. The van der Waals surface area contributed by atoms with Crippen molar-refractivity contribution in [3.63, 3.8) is 0 Å². The van der Waals surface area contributed by atoms with E-state index in [-0.39, 0.29) is 0 Å². The van der Waals surface area contributed by atoms with Crippen LogP contribution in [0.25, 0.3) is 10.1 Å². The first kappa shape index (κ1) is 8.51. The first-order valence-electron chi connectivity index (χ1n) is 4.38. The predicted octanol–water partition coefficient (Wildman–Crippen LogP) is 3.09. The molecule has 1 heterocycles. The van der Waals surface area contributed by atoms with E-state index in [2.05, 4.69) is 17.4 Å². The average molecular weight is 193 g/mol. The van der Waals surface area contributed by atoms with Crippen LogP contribution in [0.3, 0.4) is 0 Å². The van der Waals surface area contributed by atoms with Gasteiger partial charge in [-0.3, -0.25) is 0 Å². The van der Waals surface area contributed by atoms with Crippen molar-refractivity contribution in [2.75, 3.05) is 6.61 Å². The van der Waals surface area contributed by atoms with E-state index in [0.717, 1.165) is 23.5 Å².